The number of carbonyl (C=O) groups excluding carboxylic acids is 1. The molecule has 0 aliphatic rings. The molecule has 0 radical (unpaired) electrons. The van der Waals surface area contributed by atoms with E-state index in [9.17, 15) is 4.79 Å². The molecule has 0 heterocycles. The molecule has 72 valence electrons. The van der Waals surface area contributed by atoms with Crippen molar-refractivity contribution in [2.24, 2.45) is 0 Å². The summed E-state index contributed by atoms with van der Waals surface area (Å²) in [7, 11) is 0. The minimum Gasteiger partial charge on any atom is -0.464 e. The van der Waals surface area contributed by atoms with Crippen molar-refractivity contribution in [1.29, 1.82) is 0 Å². The van der Waals surface area contributed by atoms with E-state index in [1.807, 2.05) is 6.92 Å². The first-order valence-corrected chi connectivity index (χ1v) is 4.28. The number of aliphatic hydroxyl groups is 1. The highest BCUT2D eigenvalue weighted by Crippen LogP contribution is 1.88. The molecule has 0 bridgehead atoms. The zero-order valence-corrected chi connectivity index (χ0v) is 7.51. The zero-order valence-electron chi connectivity index (χ0n) is 7.51. The third kappa shape index (κ3) is 7.50. The molecule has 0 rings (SSSR count). The van der Waals surface area contributed by atoms with Gasteiger partial charge in [0.25, 0.3) is 0 Å². The standard InChI is InChI=1S/C8H17NO3/c1-2-9-5-3-4-6-12-8(11)7-10/h9-10H,2-7H2,1H3. The molecule has 0 aromatic heterocycles. The summed E-state index contributed by atoms with van der Waals surface area (Å²) in [4.78, 5) is 10.4. The van der Waals surface area contributed by atoms with Gasteiger partial charge in [-0.1, -0.05) is 6.92 Å². The van der Waals surface area contributed by atoms with Crippen molar-refractivity contribution in [3.8, 4) is 0 Å². The van der Waals surface area contributed by atoms with Gasteiger partial charge in [-0.3, -0.25) is 0 Å². The van der Waals surface area contributed by atoms with E-state index in [4.69, 9.17) is 5.11 Å². The molecule has 0 aliphatic heterocycles. The van der Waals surface area contributed by atoms with Crippen LogP contribution in [-0.4, -0.2) is 37.4 Å². The lowest BCUT2D eigenvalue weighted by Gasteiger charge is -2.02. The van der Waals surface area contributed by atoms with Crippen LogP contribution in [0, 0.1) is 0 Å². The number of rotatable bonds is 7. The summed E-state index contributed by atoms with van der Waals surface area (Å²) in [5.41, 5.74) is 0. The molecule has 4 nitrogen and oxygen atoms in total. The van der Waals surface area contributed by atoms with Gasteiger partial charge in [-0.2, -0.15) is 0 Å². The summed E-state index contributed by atoms with van der Waals surface area (Å²) in [5, 5.41) is 11.4. The predicted molar refractivity (Wildman–Crippen MR) is 45.8 cm³/mol. The molecule has 12 heavy (non-hydrogen) atoms. The second-order valence-electron chi connectivity index (χ2n) is 2.44. The van der Waals surface area contributed by atoms with E-state index < -0.39 is 12.6 Å². The minimum absolute atomic E-state index is 0.408. The van der Waals surface area contributed by atoms with Crippen LogP contribution in [0.3, 0.4) is 0 Å². The number of nitrogens with one attached hydrogen (secondary N) is 1. The number of aliphatic hydroxyl groups excluding tert-OH is 1. The van der Waals surface area contributed by atoms with E-state index in [0.29, 0.717) is 6.61 Å². The van der Waals surface area contributed by atoms with E-state index >= 15 is 0 Å². The van der Waals surface area contributed by atoms with Crippen molar-refractivity contribution < 1.29 is 14.6 Å². The first kappa shape index (κ1) is 11.4. The van der Waals surface area contributed by atoms with Gasteiger partial charge in [0.05, 0.1) is 6.61 Å². The van der Waals surface area contributed by atoms with Crippen LogP contribution >= 0.6 is 0 Å². The SMILES string of the molecule is CCNCCCCOC(=O)CO. The number of hydrogen-bond donors (Lipinski definition) is 2. The van der Waals surface area contributed by atoms with Gasteiger partial charge in [0.1, 0.15) is 6.61 Å². The van der Waals surface area contributed by atoms with Crippen molar-refractivity contribution in [3.05, 3.63) is 0 Å². The van der Waals surface area contributed by atoms with Gasteiger partial charge in [0, 0.05) is 0 Å². The van der Waals surface area contributed by atoms with Crippen LogP contribution in [0.1, 0.15) is 19.8 Å². The summed E-state index contributed by atoms with van der Waals surface area (Å²) < 4.78 is 4.65. The fourth-order valence-corrected chi connectivity index (χ4v) is 0.760. The number of carbonyl (C=O) groups is 1. The van der Waals surface area contributed by atoms with E-state index in [-0.39, 0.29) is 0 Å². The van der Waals surface area contributed by atoms with Crippen LogP contribution < -0.4 is 5.32 Å². The van der Waals surface area contributed by atoms with E-state index in [0.717, 1.165) is 25.9 Å². The summed E-state index contributed by atoms with van der Waals surface area (Å²) in [6.45, 7) is 3.85. The third-order valence-electron chi connectivity index (χ3n) is 1.39. The van der Waals surface area contributed by atoms with Crippen LogP contribution in [0.4, 0.5) is 0 Å². The first-order chi connectivity index (χ1) is 5.81. The molecule has 0 amide bonds. The number of esters is 1. The van der Waals surface area contributed by atoms with E-state index in [2.05, 4.69) is 10.1 Å². The quantitative estimate of drug-likeness (QED) is 0.419. The maximum Gasteiger partial charge on any atom is 0.331 e. The summed E-state index contributed by atoms with van der Waals surface area (Å²) in [6, 6.07) is 0. The van der Waals surface area contributed by atoms with Gasteiger partial charge in [-0.15, -0.1) is 0 Å². The van der Waals surface area contributed by atoms with E-state index in [1.165, 1.54) is 0 Å². The van der Waals surface area contributed by atoms with Crippen molar-refractivity contribution in [3.63, 3.8) is 0 Å². The topological polar surface area (TPSA) is 58.6 Å². The van der Waals surface area contributed by atoms with E-state index in [1.54, 1.807) is 0 Å². The minimum atomic E-state index is -0.543. The highest BCUT2D eigenvalue weighted by Gasteiger charge is 1.97. The molecule has 0 atom stereocenters. The molecule has 4 heteroatoms. The van der Waals surface area contributed by atoms with Gasteiger partial charge in [-0.05, 0) is 25.9 Å². The Labute approximate surface area is 72.9 Å². The van der Waals surface area contributed by atoms with Crippen molar-refractivity contribution in [2.45, 2.75) is 19.8 Å². The molecule has 0 spiro atoms. The molecule has 2 N–H and O–H groups in total. The number of ether oxygens (including phenoxy) is 1. The van der Waals surface area contributed by atoms with Crippen LogP contribution in [0.25, 0.3) is 0 Å². The lowest BCUT2D eigenvalue weighted by atomic mass is 10.3. The molecule has 0 aliphatic carbocycles. The highest BCUT2D eigenvalue weighted by molar-refractivity contribution is 5.70. The molecule has 0 aromatic rings. The maximum absolute atomic E-state index is 10.4. The molecular weight excluding hydrogens is 158 g/mol. The Morgan fingerprint density at radius 2 is 2.25 bits per heavy atom. The van der Waals surface area contributed by atoms with Crippen LogP contribution in [0.2, 0.25) is 0 Å². The second kappa shape index (κ2) is 8.49. The number of unbranched alkanes of at least 4 members (excludes halogenated alkanes) is 1. The average molecular weight is 175 g/mol. The van der Waals surface area contributed by atoms with Gasteiger partial charge < -0.3 is 15.2 Å². The van der Waals surface area contributed by atoms with Crippen LogP contribution in [0.15, 0.2) is 0 Å². The Morgan fingerprint density at radius 1 is 1.50 bits per heavy atom. The third-order valence-corrected chi connectivity index (χ3v) is 1.39. The normalized spacial score (nSPS) is 9.83. The molecule has 0 fully saturated rings. The predicted octanol–water partition coefficient (Wildman–Crippen LogP) is -0.0884. The second-order valence-corrected chi connectivity index (χ2v) is 2.44. The Morgan fingerprint density at radius 3 is 2.83 bits per heavy atom. The number of hydrogen-bond acceptors (Lipinski definition) is 4. The maximum atomic E-state index is 10.4. The van der Waals surface area contributed by atoms with Gasteiger partial charge in [-0.25, -0.2) is 4.79 Å². The highest BCUT2D eigenvalue weighted by atomic mass is 16.5. The van der Waals surface area contributed by atoms with Crippen LogP contribution in [-0.2, 0) is 9.53 Å². The lowest BCUT2D eigenvalue weighted by molar-refractivity contribution is -0.146. The van der Waals surface area contributed by atoms with Gasteiger partial charge in [0.2, 0.25) is 0 Å². The molecule has 0 aromatic carbocycles. The molecule has 0 unspecified atom stereocenters. The van der Waals surface area contributed by atoms with Crippen molar-refractivity contribution in [2.75, 3.05) is 26.3 Å². The summed E-state index contributed by atoms with van der Waals surface area (Å²) in [6.07, 6.45) is 1.84. The molecule has 0 saturated carbocycles. The fourth-order valence-electron chi connectivity index (χ4n) is 0.760. The molecule has 0 saturated heterocycles. The fraction of sp³-hybridized carbons (Fsp3) is 0.875. The average Bonchev–Trinajstić information content (AvgIpc) is 2.10. The Bertz CT molecular complexity index is 117. The summed E-state index contributed by atoms with van der Waals surface area (Å²) >= 11 is 0. The Hall–Kier alpha value is -0.610. The van der Waals surface area contributed by atoms with Crippen LogP contribution in [0.5, 0.6) is 0 Å². The summed E-state index contributed by atoms with van der Waals surface area (Å²) in [5.74, 6) is -0.543. The van der Waals surface area contributed by atoms with Gasteiger partial charge >= 0.3 is 5.97 Å². The van der Waals surface area contributed by atoms with Crippen molar-refractivity contribution in [1.82, 2.24) is 5.32 Å². The smallest absolute Gasteiger partial charge is 0.331 e. The molecular formula is C8H17NO3. The Kier molecular flexibility index (Phi) is 8.05. The Balaban J connectivity index is 2.95. The monoisotopic (exact) mass is 175 g/mol. The zero-order chi connectivity index (χ0) is 9.23. The lowest BCUT2D eigenvalue weighted by Crippen LogP contribution is -2.15. The van der Waals surface area contributed by atoms with Crippen molar-refractivity contribution >= 4 is 5.97 Å². The van der Waals surface area contributed by atoms with Gasteiger partial charge in [0.15, 0.2) is 0 Å². The first-order valence-electron chi connectivity index (χ1n) is 4.28. The largest absolute Gasteiger partial charge is 0.464 e.